The van der Waals surface area contributed by atoms with Gasteiger partial charge < -0.3 is 15.9 Å². The van der Waals surface area contributed by atoms with Gasteiger partial charge in [-0.3, -0.25) is 4.79 Å². The van der Waals surface area contributed by atoms with Crippen LogP contribution in [0.4, 0.5) is 0 Å². The van der Waals surface area contributed by atoms with Gasteiger partial charge in [0.05, 0.1) is 0 Å². The monoisotopic (exact) mass is 223 g/mol. The third-order valence-corrected chi connectivity index (χ3v) is 2.67. The quantitative estimate of drug-likeness (QED) is 0.723. The molecule has 1 aromatic carbocycles. The molecular formula is C12H17NO3. The molecule has 0 spiro atoms. The van der Waals surface area contributed by atoms with Crippen LogP contribution >= 0.6 is 0 Å². The number of carbonyl (C=O) groups is 1. The summed E-state index contributed by atoms with van der Waals surface area (Å²) in [6.07, 6.45) is 0. The summed E-state index contributed by atoms with van der Waals surface area (Å²) in [5.41, 5.74) is 6.51. The van der Waals surface area contributed by atoms with Gasteiger partial charge in [-0.25, -0.2) is 0 Å². The molecule has 4 heteroatoms. The number of aliphatic carboxylic acids is 1. The maximum absolute atomic E-state index is 10.9. The number of rotatable bonds is 4. The summed E-state index contributed by atoms with van der Waals surface area (Å²) in [5.74, 6) is -0.976. The molecule has 0 aromatic heterocycles. The zero-order valence-corrected chi connectivity index (χ0v) is 9.42. The Hall–Kier alpha value is -1.55. The second-order valence-corrected chi connectivity index (χ2v) is 4.23. The van der Waals surface area contributed by atoms with Gasteiger partial charge in [-0.1, -0.05) is 26.0 Å². The van der Waals surface area contributed by atoms with E-state index in [2.05, 4.69) is 0 Å². The molecule has 0 fully saturated rings. The highest BCUT2D eigenvalue weighted by molar-refractivity contribution is 5.74. The van der Waals surface area contributed by atoms with Crippen LogP contribution in [0.5, 0.6) is 5.75 Å². The van der Waals surface area contributed by atoms with E-state index < -0.39 is 12.0 Å². The molecule has 0 aliphatic rings. The summed E-state index contributed by atoms with van der Waals surface area (Å²) < 4.78 is 0. The van der Waals surface area contributed by atoms with Gasteiger partial charge in [-0.15, -0.1) is 0 Å². The molecule has 0 saturated heterocycles. The molecule has 0 saturated carbocycles. The number of hydrogen-bond acceptors (Lipinski definition) is 3. The zero-order valence-electron chi connectivity index (χ0n) is 9.42. The molecule has 0 amide bonds. The highest BCUT2D eigenvalue weighted by atomic mass is 16.4. The summed E-state index contributed by atoms with van der Waals surface area (Å²) in [6, 6.07) is 5.58. The van der Waals surface area contributed by atoms with E-state index in [1.807, 2.05) is 13.8 Å². The third-order valence-electron chi connectivity index (χ3n) is 2.67. The molecule has 1 rings (SSSR count). The SMILES string of the molecule is CC(C)[C@@H](c1ccc(O)cc1)[C@H](N)C(=O)O. The van der Waals surface area contributed by atoms with E-state index in [9.17, 15) is 9.90 Å². The van der Waals surface area contributed by atoms with Gasteiger partial charge in [0.15, 0.2) is 0 Å². The Morgan fingerprint density at radius 2 is 1.75 bits per heavy atom. The number of carboxylic acids is 1. The van der Waals surface area contributed by atoms with Gasteiger partial charge >= 0.3 is 5.97 Å². The van der Waals surface area contributed by atoms with Crippen molar-refractivity contribution in [1.82, 2.24) is 0 Å². The Kier molecular flexibility index (Phi) is 3.90. The maximum Gasteiger partial charge on any atom is 0.321 e. The fourth-order valence-corrected chi connectivity index (χ4v) is 1.86. The lowest BCUT2D eigenvalue weighted by molar-refractivity contribution is -0.139. The average Bonchev–Trinajstić information content (AvgIpc) is 2.20. The first kappa shape index (κ1) is 12.5. The van der Waals surface area contributed by atoms with Crippen LogP contribution in [0, 0.1) is 5.92 Å². The van der Waals surface area contributed by atoms with Gasteiger partial charge in [-0.05, 0) is 23.6 Å². The normalized spacial score (nSPS) is 14.8. The standard InChI is InChI=1S/C12H17NO3/c1-7(2)10(11(13)12(15)16)8-3-5-9(14)6-4-8/h3-7,10-11,14H,13H2,1-2H3,(H,15,16)/t10-,11-/m0/s1. The van der Waals surface area contributed by atoms with Crippen molar-refractivity contribution in [1.29, 1.82) is 0 Å². The average molecular weight is 223 g/mol. The Labute approximate surface area is 94.7 Å². The number of aromatic hydroxyl groups is 1. The summed E-state index contributed by atoms with van der Waals surface area (Å²) >= 11 is 0. The van der Waals surface area contributed by atoms with Crippen LogP contribution in [0.25, 0.3) is 0 Å². The van der Waals surface area contributed by atoms with Crippen LogP contribution in [0.15, 0.2) is 24.3 Å². The minimum atomic E-state index is -1.01. The van der Waals surface area contributed by atoms with Crippen molar-refractivity contribution < 1.29 is 15.0 Å². The molecule has 2 atom stereocenters. The topological polar surface area (TPSA) is 83.5 Å². The van der Waals surface area contributed by atoms with Gasteiger partial charge in [0.25, 0.3) is 0 Å². The van der Waals surface area contributed by atoms with Crippen molar-refractivity contribution in [3.8, 4) is 5.75 Å². The van der Waals surface area contributed by atoms with E-state index in [0.717, 1.165) is 5.56 Å². The fraction of sp³-hybridized carbons (Fsp3) is 0.417. The first-order valence-corrected chi connectivity index (χ1v) is 5.20. The van der Waals surface area contributed by atoms with Gasteiger partial charge in [-0.2, -0.15) is 0 Å². The maximum atomic E-state index is 10.9. The molecule has 0 unspecified atom stereocenters. The Bertz CT molecular complexity index is 359. The molecule has 0 aliphatic carbocycles. The van der Waals surface area contributed by atoms with Crippen molar-refractivity contribution in [3.05, 3.63) is 29.8 Å². The van der Waals surface area contributed by atoms with E-state index >= 15 is 0 Å². The van der Waals surface area contributed by atoms with Gasteiger partial charge in [0.2, 0.25) is 0 Å². The van der Waals surface area contributed by atoms with Crippen molar-refractivity contribution >= 4 is 5.97 Å². The van der Waals surface area contributed by atoms with Crippen LogP contribution in [-0.4, -0.2) is 22.2 Å². The highest BCUT2D eigenvalue weighted by Gasteiger charge is 2.28. The molecule has 0 radical (unpaired) electrons. The van der Waals surface area contributed by atoms with Crippen LogP contribution in [0.1, 0.15) is 25.3 Å². The molecule has 0 aliphatic heterocycles. The number of phenols is 1. The summed E-state index contributed by atoms with van der Waals surface area (Å²) in [4.78, 5) is 10.9. The minimum absolute atomic E-state index is 0.121. The molecule has 88 valence electrons. The van der Waals surface area contributed by atoms with Gasteiger partial charge in [0.1, 0.15) is 11.8 Å². The first-order valence-electron chi connectivity index (χ1n) is 5.20. The number of benzene rings is 1. The largest absolute Gasteiger partial charge is 0.508 e. The molecule has 4 N–H and O–H groups in total. The van der Waals surface area contributed by atoms with Crippen molar-refractivity contribution in [2.45, 2.75) is 25.8 Å². The van der Waals surface area contributed by atoms with Crippen molar-refractivity contribution in [3.63, 3.8) is 0 Å². The minimum Gasteiger partial charge on any atom is -0.508 e. The Morgan fingerprint density at radius 3 is 2.12 bits per heavy atom. The number of carboxylic acid groups (broad SMARTS) is 1. The van der Waals surface area contributed by atoms with Gasteiger partial charge in [0, 0.05) is 5.92 Å². The summed E-state index contributed by atoms with van der Waals surface area (Å²) in [5, 5.41) is 18.1. The second-order valence-electron chi connectivity index (χ2n) is 4.23. The number of nitrogens with two attached hydrogens (primary N) is 1. The lowest BCUT2D eigenvalue weighted by atomic mass is 9.83. The zero-order chi connectivity index (χ0) is 12.3. The second kappa shape index (κ2) is 4.99. The predicted octanol–water partition coefficient (Wildman–Crippen LogP) is 1.54. The fourth-order valence-electron chi connectivity index (χ4n) is 1.86. The Morgan fingerprint density at radius 1 is 1.25 bits per heavy atom. The highest BCUT2D eigenvalue weighted by Crippen LogP contribution is 2.28. The van der Waals surface area contributed by atoms with Crippen LogP contribution in [0.3, 0.4) is 0 Å². The van der Waals surface area contributed by atoms with Crippen LogP contribution in [0.2, 0.25) is 0 Å². The Balaban J connectivity index is 3.03. The predicted molar refractivity (Wildman–Crippen MR) is 61.3 cm³/mol. The van der Waals surface area contributed by atoms with E-state index in [1.165, 1.54) is 0 Å². The molecule has 1 aromatic rings. The summed E-state index contributed by atoms with van der Waals surface area (Å²) in [7, 11) is 0. The van der Waals surface area contributed by atoms with E-state index in [0.29, 0.717) is 0 Å². The molecular weight excluding hydrogens is 206 g/mol. The molecule has 4 nitrogen and oxygen atoms in total. The third kappa shape index (κ3) is 2.73. The first-order chi connectivity index (χ1) is 7.43. The summed E-state index contributed by atoms with van der Waals surface area (Å²) in [6.45, 7) is 3.86. The van der Waals surface area contributed by atoms with Crippen molar-refractivity contribution in [2.24, 2.45) is 11.7 Å². The lowest BCUT2D eigenvalue weighted by Gasteiger charge is -2.25. The van der Waals surface area contributed by atoms with E-state index in [4.69, 9.17) is 10.8 Å². The molecule has 0 heterocycles. The molecule has 0 bridgehead atoms. The van der Waals surface area contributed by atoms with E-state index in [-0.39, 0.29) is 17.6 Å². The number of hydrogen-bond donors (Lipinski definition) is 3. The number of phenolic OH excluding ortho intramolecular Hbond substituents is 1. The van der Waals surface area contributed by atoms with Crippen LogP contribution < -0.4 is 5.73 Å². The van der Waals surface area contributed by atoms with Crippen molar-refractivity contribution in [2.75, 3.05) is 0 Å². The lowest BCUT2D eigenvalue weighted by Crippen LogP contribution is -2.38. The van der Waals surface area contributed by atoms with E-state index in [1.54, 1.807) is 24.3 Å². The molecule has 16 heavy (non-hydrogen) atoms. The van der Waals surface area contributed by atoms with Crippen LogP contribution in [-0.2, 0) is 4.79 Å². The smallest absolute Gasteiger partial charge is 0.321 e.